The molecule has 0 heterocycles. The summed E-state index contributed by atoms with van der Waals surface area (Å²) in [7, 11) is -9.13. The Balaban J connectivity index is 2.04. The molecule has 1 unspecified atom stereocenters. The number of rotatable bonds is 10. The van der Waals surface area contributed by atoms with Gasteiger partial charge >= 0.3 is 21.3 Å². The number of esters is 1. The molecule has 3 rings (SSSR count). The average Bonchev–Trinajstić information content (AvgIpc) is 2.88. The summed E-state index contributed by atoms with van der Waals surface area (Å²) in [5, 5.41) is -4.92. The van der Waals surface area contributed by atoms with Crippen LogP contribution in [0.25, 0.3) is 0 Å². The maximum absolute atomic E-state index is 15.2. The number of alkyl halides is 3. The highest BCUT2D eigenvalue weighted by Crippen LogP contribution is 2.70. The smallest absolute Gasteiger partial charge is 0.401 e. The monoisotopic (exact) mass is 554 g/mol. The Hall–Kier alpha value is -2.82. The van der Waals surface area contributed by atoms with E-state index in [0.717, 1.165) is 0 Å². The summed E-state index contributed by atoms with van der Waals surface area (Å²) in [4.78, 5) is 12.9. The minimum atomic E-state index is -5.85. The van der Waals surface area contributed by atoms with E-state index in [2.05, 4.69) is 0 Å². The molecule has 0 aliphatic heterocycles. The molecule has 0 amide bonds. The third-order valence-electron chi connectivity index (χ3n) is 5.33. The maximum Gasteiger partial charge on any atom is 0.401 e. The van der Waals surface area contributed by atoms with Crippen molar-refractivity contribution in [2.45, 2.75) is 53.3 Å². The van der Waals surface area contributed by atoms with Crippen molar-refractivity contribution in [3.8, 4) is 0 Å². The molecule has 0 N–H and O–H groups in total. The fourth-order valence-corrected chi connectivity index (χ4v) is 8.59. The Morgan fingerprint density at radius 1 is 0.784 bits per heavy atom. The molecule has 0 fully saturated rings. The molecule has 0 aliphatic rings. The van der Waals surface area contributed by atoms with Crippen LogP contribution in [0, 0.1) is 5.41 Å². The predicted octanol–water partition coefficient (Wildman–Crippen LogP) is 7.14. The van der Waals surface area contributed by atoms with Crippen molar-refractivity contribution in [1.82, 2.24) is 0 Å². The van der Waals surface area contributed by atoms with Crippen LogP contribution in [0.15, 0.2) is 106 Å². The summed E-state index contributed by atoms with van der Waals surface area (Å²) in [5.41, 5.74) is -0.923. The first-order valence-electron chi connectivity index (χ1n) is 11.5. The Morgan fingerprint density at radius 3 is 1.51 bits per heavy atom. The van der Waals surface area contributed by atoms with E-state index in [-0.39, 0.29) is 0 Å². The maximum atomic E-state index is 15.2. The number of halogens is 3. The number of hydrogen-bond donors (Lipinski definition) is 0. The Bertz CT molecular complexity index is 1180. The van der Waals surface area contributed by atoms with Crippen molar-refractivity contribution in [3.63, 3.8) is 0 Å². The molecule has 0 saturated carbocycles. The van der Waals surface area contributed by atoms with Gasteiger partial charge in [-0.3, -0.25) is 4.79 Å². The van der Waals surface area contributed by atoms with Gasteiger partial charge in [-0.25, -0.2) is 8.02 Å². The summed E-state index contributed by atoms with van der Waals surface area (Å²) in [6.45, 7) is 3.94. The third-order valence-corrected chi connectivity index (χ3v) is 10.6. The van der Waals surface area contributed by atoms with E-state index in [0.29, 0.717) is 14.7 Å². The molecule has 3 aromatic rings. The van der Waals surface area contributed by atoms with Crippen LogP contribution in [0.1, 0.15) is 27.2 Å². The normalized spacial score (nSPS) is 14.1. The number of ether oxygens (including phenoxy) is 1. The van der Waals surface area contributed by atoms with Crippen LogP contribution >= 0.6 is 10.3 Å². The van der Waals surface area contributed by atoms with E-state index in [1.54, 1.807) is 112 Å². The lowest BCUT2D eigenvalue weighted by Crippen LogP contribution is -2.41. The van der Waals surface area contributed by atoms with Crippen molar-refractivity contribution in [2.24, 2.45) is 5.41 Å². The van der Waals surface area contributed by atoms with Crippen LogP contribution < -0.4 is 0 Å². The third kappa shape index (κ3) is 6.19. The van der Waals surface area contributed by atoms with Crippen molar-refractivity contribution >= 4 is 26.4 Å². The summed E-state index contributed by atoms with van der Waals surface area (Å²) in [5.74, 6) is -0.720. The van der Waals surface area contributed by atoms with Crippen molar-refractivity contribution in [3.05, 3.63) is 91.0 Å². The van der Waals surface area contributed by atoms with E-state index >= 15 is 8.78 Å². The second kappa shape index (κ2) is 11.3. The number of benzene rings is 3. The molecule has 3 aromatic carbocycles. The average molecular weight is 555 g/mol. The quantitative estimate of drug-likeness (QED) is 0.249. The fourth-order valence-electron chi connectivity index (χ4n) is 3.34. The van der Waals surface area contributed by atoms with E-state index in [4.69, 9.17) is 8.37 Å². The zero-order chi connectivity index (χ0) is 27.3. The SMILES string of the molecule is CC(C)(C)C(=O)OCCC(F)C(F)(F)S(=O)(=O)OS(c1ccccc1)(c1ccccc1)c1ccccc1. The minimum absolute atomic E-state index is 0.335. The van der Waals surface area contributed by atoms with Crippen molar-refractivity contribution < 1.29 is 34.7 Å². The molecule has 0 aromatic heterocycles. The molecular weight excluding hydrogens is 525 g/mol. The van der Waals surface area contributed by atoms with Gasteiger partial charge in [0.05, 0.1) is 12.0 Å². The molecule has 0 radical (unpaired) electrons. The topological polar surface area (TPSA) is 69.7 Å². The van der Waals surface area contributed by atoms with Gasteiger partial charge < -0.3 is 4.74 Å². The molecule has 0 bridgehead atoms. The second-order valence-corrected chi connectivity index (χ2v) is 13.7. The first kappa shape index (κ1) is 28.7. The van der Waals surface area contributed by atoms with Crippen LogP contribution in [0.4, 0.5) is 13.2 Å². The largest absolute Gasteiger partial charge is 0.465 e. The van der Waals surface area contributed by atoms with E-state index in [1.165, 1.54) is 0 Å². The zero-order valence-electron chi connectivity index (χ0n) is 20.6. The first-order valence-corrected chi connectivity index (χ1v) is 14.4. The van der Waals surface area contributed by atoms with E-state index < -0.39 is 56.3 Å². The fraction of sp³-hybridized carbons (Fsp3) is 0.296. The van der Waals surface area contributed by atoms with Crippen LogP contribution in [0.2, 0.25) is 0 Å². The molecule has 37 heavy (non-hydrogen) atoms. The van der Waals surface area contributed by atoms with Gasteiger partial charge in [0.2, 0.25) is 0 Å². The van der Waals surface area contributed by atoms with Gasteiger partial charge in [-0.1, -0.05) is 54.6 Å². The van der Waals surface area contributed by atoms with Crippen molar-refractivity contribution in [1.29, 1.82) is 0 Å². The standard InChI is InChI=1S/C27H29F3O5S2/c1-26(2,3)25(31)34-20-19-24(28)27(29,30)37(32,33)35-36(21-13-7-4-8-14-21,22-15-9-5-10-16-22)23-17-11-6-12-18-23/h4-18,24H,19-20H2,1-3H3. The van der Waals surface area contributed by atoms with Gasteiger partial charge in [0.15, 0.2) is 6.17 Å². The zero-order valence-corrected chi connectivity index (χ0v) is 22.3. The lowest BCUT2D eigenvalue weighted by molar-refractivity contribution is -0.154. The lowest BCUT2D eigenvalue weighted by Gasteiger charge is -2.40. The molecule has 0 spiro atoms. The molecule has 5 nitrogen and oxygen atoms in total. The molecule has 0 saturated heterocycles. The van der Waals surface area contributed by atoms with Gasteiger partial charge in [0.1, 0.15) is 0 Å². The predicted molar refractivity (Wildman–Crippen MR) is 137 cm³/mol. The summed E-state index contributed by atoms with van der Waals surface area (Å²) >= 11 is 0. The first-order chi connectivity index (χ1) is 17.3. The van der Waals surface area contributed by atoms with E-state index in [1.807, 2.05) is 0 Å². The Kier molecular flexibility index (Phi) is 8.77. The highest BCUT2D eigenvalue weighted by atomic mass is 32.3. The molecular formula is C27H29F3O5S2. The summed E-state index contributed by atoms with van der Waals surface area (Å²) < 4.78 is 82.0. The second-order valence-electron chi connectivity index (χ2n) is 9.22. The van der Waals surface area contributed by atoms with Crippen LogP contribution in [-0.2, 0) is 23.3 Å². The molecule has 1 atom stereocenters. The number of carbonyl (C=O) groups excluding carboxylic acids is 1. The summed E-state index contributed by atoms with van der Waals surface area (Å²) in [6, 6.07) is 24.4. The lowest BCUT2D eigenvalue weighted by atomic mass is 9.97. The molecule has 0 aliphatic carbocycles. The number of carbonyl (C=O) groups is 1. The van der Waals surface area contributed by atoms with Crippen LogP contribution in [-0.4, -0.2) is 32.4 Å². The van der Waals surface area contributed by atoms with Gasteiger partial charge in [-0.05, 0) is 67.5 Å². The summed E-state index contributed by atoms with van der Waals surface area (Å²) in [6.07, 6.45) is -4.20. The number of hydrogen-bond acceptors (Lipinski definition) is 5. The Labute approximate surface area is 217 Å². The molecule has 10 heteroatoms. The van der Waals surface area contributed by atoms with E-state index in [9.17, 15) is 17.6 Å². The van der Waals surface area contributed by atoms with Crippen LogP contribution in [0.5, 0.6) is 0 Å². The Morgan fingerprint density at radius 2 is 1.16 bits per heavy atom. The highest BCUT2D eigenvalue weighted by molar-refractivity contribution is 8.33. The van der Waals surface area contributed by atoms with Gasteiger partial charge in [-0.2, -0.15) is 17.2 Å². The highest BCUT2D eigenvalue weighted by Gasteiger charge is 2.57. The van der Waals surface area contributed by atoms with Gasteiger partial charge in [0, 0.05) is 21.1 Å². The van der Waals surface area contributed by atoms with Gasteiger partial charge in [0.25, 0.3) is 0 Å². The van der Waals surface area contributed by atoms with Crippen LogP contribution in [0.3, 0.4) is 0 Å². The molecule has 200 valence electrons. The van der Waals surface area contributed by atoms with Crippen molar-refractivity contribution in [2.75, 3.05) is 6.61 Å². The minimum Gasteiger partial charge on any atom is -0.465 e. The van der Waals surface area contributed by atoms with Gasteiger partial charge in [-0.15, -0.1) is 0 Å².